The maximum Gasteiger partial charge on any atom is 0.323 e. The minimum Gasteiger partial charge on any atom is -0.468 e. The summed E-state index contributed by atoms with van der Waals surface area (Å²) in [5.74, 6) is 0.183. The molecule has 0 aliphatic rings. The van der Waals surface area contributed by atoms with Crippen molar-refractivity contribution in [2.24, 2.45) is 5.73 Å². The SMILES string of the molecule is COC(=O)[C@@H](N)CSSc1ccccc1. The number of carbonyl (C=O) groups excluding carboxylic acids is 1. The quantitative estimate of drug-likeness (QED) is 0.632. The molecule has 82 valence electrons. The first-order valence-electron chi connectivity index (χ1n) is 4.42. The molecule has 0 heterocycles. The summed E-state index contributed by atoms with van der Waals surface area (Å²) in [5.41, 5.74) is 5.58. The topological polar surface area (TPSA) is 52.3 Å². The van der Waals surface area contributed by atoms with Crippen molar-refractivity contribution >= 4 is 27.6 Å². The standard InChI is InChI=1S/C10H13NO2S2/c1-13-10(12)9(11)7-14-15-8-5-3-2-4-6-8/h2-6,9H,7,11H2,1H3/t9-/m0/s1. The molecule has 15 heavy (non-hydrogen) atoms. The van der Waals surface area contributed by atoms with Crippen molar-refractivity contribution < 1.29 is 9.53 Å². The van der Waals surface area contributed by atoms with E-state index < -0.39 is 6.04 Å². The van der Waals surface area contributed by atoms with Gasteiger partial charge in [-0.3, -0.25) is 4.79 Å². The molecule has 0 aliphatic carbocycles. The Morgan fingerprint density at radius 2 is 2.13 bits per heavy atom. The molecule has 1 aromatic rings. The van der Waals surface area contributed by atoms with Crippen LogP contribution in [0.2, 0.25) is 0 Å². The first kappa shape index (κ1) is 12.4. The van der Waals surface area contributed by atoms with Gasteiger partial charge in [0.2, 0.25) is 0 Å². The van der Waals surface area contributed by atoms with Crippen molar-refractivity contribution in [3.8, 4) is 0 Å². The molecule has 0 bridgehead atoms. The fraction of sp³-hybridized carbons (Fsp3) is 0.300. The van der Waals surface area contributed by atoms with Gasteiger partial charge < -0.3 is 10.5 Å². The van der Waals surface area contributed by atoms with Crippen LogP contribution in [-0.4, -0.2) is 24.9 Å². The van der Waals surface area contributed by atoms with E-state index in [9.17, 15) is 4.79 Å². The maximum absolute atomic E-state index is 11.0. The molecule has 3 nitrogen and oxygen atoms in total. The van der Waals surface area contributed by atoms with E-state index in [0.29, 0.717) is 5.75 Å². The summed E-state index contributed by atoms with van der Waals surface area (Å²) in [5, 5.41) is 0. The van der Waals surface area contributed by atoms with E-state index in [-0.39, 0.29) is 5.97 Å². The molecule has 0 radical (unpaired) electrons. The van der Waals surface area contributed by atoms with Gasteiger partial charge in [-0.25, -0.2) is 0 Å². The highest BCUT2D eigenvalue weighted by Gasteiger charge is 2.13. The highest BCUT2D eigenvalue weighted by molar-refractivity contribution is 8.76. The third-order valence-electron chi connectivity index (χ3n) is 1.65. The molecule has 0 saturated carbocycles. The highest BCUT2D eigenvalue weighted by Crippen LogP contribution is 2.30. The zero-order valence-electron chi connectivity index (χ0n) is 8.38. The first-order valence-corrected chi connectivity index (χ1v) is 6.74. The number of rotatable bonds is 5. The van der Waals surface area contributed by atoms with Crippen LogP contribution in [-0.2, 0) is 9.53 Å². The third-order valence-corrected chi connectivity index (χ3v) is 4.07. The van der Waals surface area contributed by atoms with E-state index >= 15 is 0 Å². The summed E-state index contributed by atoms with van der Waals surface area (Å²) >= 11 is 0. The lowest BCUT2D eigenvalue weighted by atomic mass is 10.4. The minimum atomic E-state index is -0.545. The normalized spacial score (nSPS) is 12.1. The minimum absolute atomic E-state index is 0.365. The number of nitrogens with two attached hydrogens (primary N) is 1. The Balaban J connectivity index is 2.25. The van der Waals surface area contributed by atoms with Crippen molar-refractivity contribution in [3.63, 3.8) is 0 Å². The molecule has 1 atom stereocenters. The van der Waals surface area contributed by atoms with Gasteiger partial charge >= 0.3 is 5.97 Å². The largest absolute Gasteiger partial charge is 0.468 e. The Labute approximate surface area is 97.2 Å². The van der Waals surface area contributed by atoms with E-state index in [4.69, 9.17) is 5.73 Å². The van der Waals surface area contributed by atoms with Crippen LogP contribution in [0.3, 0.4) is 0 Å². The summed E-state index contributed by atoms with van der Waals surface area (Å²) in [6.45, 7) is 0. The fourth-order valence-electron chi connectivity index (χ4n) is 0.871. The number of hydrogen-bond donors (Lipinski definition) is 1. The van der Waals surface area contributed by atoms with Gasteiger partial charge in [0, 0.05) is 10.6 Å². The maximum atomic E-state index is 11.0. The number of esters is 1. The average Bonchev–Trinajstić information content (AvgIpc) is 2.29. The molecule has 1 rings (SSSR count). The van der Waals surface area contributed by atoms with Crippen LogP contribution in [0.15, 0.2) is 35.2 Å². The lowest BCUT2D eigenvalue weighted by molar-refractivity contribution is -0.141. The molecule has 0 aliphatic heterocycles. The van der Waals surface area contributed by atoms with E-state index in [0.717, 1.165) is 4.90 Å². The monoisotopic (exact) mass is 243 g/mol. The Morgan fingerprint density at radius 3 is 2.73 bits per heavy atom. The van der Waals surface area contributed by atoms with Crippen molar-refractivity contribution in [1.29, 1.82) is 0 Å². The van der Waals surface area contributed by atoms with Gasteiger partial charge in [-0.15, -0.1) is 0 Å². The van der Waals surface area contributed by atoms with E-state index in [1.54, 1.807) is 21.6 Å². The van der Waals surface area contributed by atoms with E-state index in [1.807, 2.05) is 30.3 Å². The highest BCUT2D eigenvalue weighted by atomic mass is 33.1. The van der Waals surface area contributed by atoms with Crippen molar-refractivity contribution in [2.45, 2.75) is 10.9 Å². The zero-order valence-corrected chi connectivity index (χ0v) is 10.0. The molecule has 0 saturated heterocycles. The molecule has 2 N–H and O–H groups in total. The molecular formula is C10H13NO2S2. The summed E-state index contributed by atoms with van der Waals surface area (Å²) in [6.07, 6.45) is 0. The van der Waals surface area contributed by atoms with Gasteiger partial charge in [-0.05, 0) is 12.1 Å². The number of benzene rings is 1. The lowest BCUT2D eigenvalue weighted by Gasteiger charge is -2.07. The third kappa shape index (κ3) is 4.59. The Bertz CT molecular complexity index is 306. The molecule has 0 fully saturated rings. The van der Waals surface area contributed by atoms with Crippen molar-refractivity contribution in [2.75, 3.05) is 12.9 Å². The summed E-state index contributed by atoms with van der Waals surface area (Å²) < 4.78 is 4.53. The van der Waals surface area contributed by atoms with Crippen LogP contribution in [0.4, 0.5) is 0 Å². The Morgan fingerprint density at radius 1 is 1.47 bits per heavy atom. The van der Waals surface area contributed by atoms with Gasteiger partial charge in [0.1, 0.15) is 6.04 Å². The second-order valence-corrected chi connectivity index (χ2v) is 5.22. The van der Waals surface area contributed by atoms with Gasteiger partial charge in [0.05, 0.1) is 7.11 Å². The summed E-state index contributed by atoms with van der Waals surface area (Å²) in [4.78, 5) is 12.1. The molecule has 1 aromatic carbocycles. The summed E-state index contributed by atoms with van der Waals surface area (Å²) in [6, 6.07) is 9.40. The molecular weight excluding hydrogens is 230 g/mol. The van der Waals surface area contributed by atoms with Crippen LogP contribution in [0.5, 0.6) is 0 Å². The molecule has 5 heteroatoms. The van der Waals surface area contributed by atoms with Crippen LogP contribution >= 0.6 is 21.6 Å². The Hall–Kier alpha value is -0.650. The first-order chi connectivity index (χ1) is 7.24. The van der Waals surface area contributed by atoms with Crippen molar-refractivity contribution in [1.82, 2.24) is 0 Å². The van der Waals surface area contributed by atoms with Gasteiger partial charge in [0.25, 0.3) is 0 Å². The van der Waals surface area contributed by atoms with Crippen LogP contribution in [0, 0.1) is 0 Å². The zero-order chi connectivity index (χ0) is 11.1. The van der Waals surface area contributed by atoms with E-state index in [2.05, 4.69) is 4.74 Å². The average molecular weight is 243 g/mol. The second kappa shape index (κ2) is 6.76. The number of ether oxygens (including phenoxy) is 1. The molecule has 0 unspecified atom stereocenters. The van der Waals surface area contributed by atoms with Gasteiger partial charge in [-0.1, -0.05) is 39.8 Å². The van der Waals surface area contributed by atoms with E-state index in [1.165, 1.54) is 7.11 Å². The summed E-state index contributed by atoms with van der Waals surface area (Å²) in [7, 11) is 4.50. The van der Waals surface area contributed by atoms with Gasteiger partial charge in [-0.2, -0.15) is 0 Å². The number of hydrogen-bond acceptors (Lipinski definition) is 5. The Kier molecular flexibility index (Phi) is 5.60. The lowest BCUT2D eigenvalue weighted by Crippen LogP contribution is -2.33. The number of carbonyl (C=O) groups is 1. The molecule has 0 aromatic heterocycles. The van der Waals surface area contributed by atoms with Crippen molar-refractivity contribution in [3.05, 3.63) is 30.3 Å². The predicted molar refractivity (Wildman–Crippen MR) is 64.7 cm³/mol. The van der Waals surface area contributed by atoms with Crippen LogP contribution < -0.4 is 5.73 Å². The smallest absolute Gasteiger partial charge is 0.323 e. The van der Waals surface area contributed by atoms with Gasteiger partial charge in [0.15, 0.2) is 0 Å². The second-order valence-electron chi connectivity index (χ2n) is 2.81. The number of methoxy groups -OCH3 is 1. The molecule has 0 amide bonds. The van der Waals surface area contributed by atoms with Crippen LogP contribution in [0.25, 0.3) is 0 Å². The van der Waals surface area contributed by atoms with Crippen LogP contribution in [0.1, 0.15) is 0 Å². The fourth-order valence-corrected chi connectivity index (χ4v) is 3.01. The predicted octanol–water partition coefficient (Wildman–Crippen LogP) is 1.93. The molecule has 0 spiro atoms.